The van der Waals surface area contributed by atoms with E-state index in [0.29, 0.717) is 32.6 Å². The normalized spacial score (nSPS) is 13.1. The number of hydrogen-bond acceptors (Lipinski definition) is 6. The van der Waals surface area contributed by atoms with E-state index < -0.39 is 18.4 Å². The third kappa shape index (κ3) is 14.7. The summed E-state index contributed by atoms with van der Waals surface area (Å²) in [6, 6.07) is -1.06. The van der Waals surface area contributed by atoms with E-state index in [1.54, 1.807) is 0 Å². The summed E-state index contributed by atoms with van der Waals surface area (Å²) in [5.41, 5.74) is 11.1. The summed E-state index contributed by atoms with van der Waals surface area (Å²) < 4.78 is 11.9. The van der Waals surface area contributed by atoms with Crippen molar-refractivity contribution in [3.8, 4) is 0 Å². The minimum atomic E-state index is -0.663. The molecule has 10 nitrogen and oxygen atoms in total. The Kier molecular flexibility index (Phi) is 16.6. The molecule has 0 spiro atoms. The number of carbonyl (C=O) groups is 2. The van der Waals surface area contributed by atoms with Gasteiger partial charge in [0.1, 0.15) is 0 Å². The SMILES string of the molecule is CCCCOC(OCCCC)[C@H](CCCNC(=N)N)NC(=O)CNC(=O)[C@H](N)C(C)C. The molecule has 0 aromatic heterocycles. The van der Waals surface area contributed by atoms with Crippen LogP contribution < -0.4 is 27.4 Å². The van der Waals surface area contributed by atoms with Gasteiger partial charge in [0.25, 0.3) is 0 Å². The average molecular weight is 445 g/mol. The maximum absolute atomic E-state index is 12.5. The van der Waals surface area contributed by atoms with Crippen molar-refractivity contribution >= 4 is 17.8 Å². The first-order chi connectivity index (χ1) is 14.7. The van der Waals surface area contributed by atoms with Gasteiger partial charge in [-0.05, 0) is 31.6 Å². The molecule has 0 aliphatic rings. The van der Waals surface area contributed by atoms with Gasteiger partial charge in [-0.15, -0.1) is 0 Å². The van der Waals surface area contributed by atoms with Crippen LogP contribution in [0.15, 0.2) is 0 Å². The van der Waals surface area contributed by atoms with Gasteiger partial charge in [-0.2, -0.15) is 0 Å². The Morgan fingerprint density at radius 2 is 1.58 bits per heavy atom. The largest absolute Gasteiger partial charge is 0.370 e. The van der Waals surface area contributed by atoms with Crippen LogP contribution in [0.1, 0.15) is 66.2 Å². The second-order valence-electron chi connectivity index (χ2n) is 7.96. The van der Waals surface area contributed by atoms with Gasteiger partial charge in [-0.1, -0.05) is 40.5 Å². The molecule has 0 aliphatic carbocycles. The van der Waals surface area contributed by atoms with E-state index in [2.05, 4.69) is 29.8 Å². The van der Waals surface area contributed by atoms with Crippen LogP contribution in [0.25, 0.3) is 0 Å². The number of nitrogens with two attached hydrogens (primary N) is 2. The average Bonchev–Trinajstić information content (AvgIpc) is 2.72. The molecule has 2 amide bonds. The summed E-state index contributed by atoms with van der Waals surface area (Å²) in [5.74, 6) is -0.813. The van der Waals surface area contributed by atoms with Crippen LogP contribution in [0.4, 0.5) is 0 Å². The fraction of sp³-hybridized carbons (Fsp3) is 0.857. The molecule has 0 aromatic carbocycles. The predicted molar refractivity (Wildman–Crippen MR) is 122 cm³/mol. The van der Waals surface area contributed by atoms with Crippen LogP contribution in [0.3, 0.4) is 0 Å². The van der Waals surface area contributed by atoms with Gasteiger partial charge >= 0.3 is 0 Å². The zero-order valence-electron chi connectivity index (χ0n) is 19.7. The third-order valence-electron chi connectivity index (χ3n) is 4.69. The van der Waals surface area contributed by atoms with Crippen LogP contribution in [-0.2, 0) is 19.1 Å². The minimum Gasteiger partial charge on any atom is -0.370 e. The summed E-state index contributed by atoms with van der Waals surface area (Å²) in [7, 11) is 0. The van der Waals surface area contributed by atoms with Crippen molar-refractivity contribution in [2.45, 2.75) is 84.6 Å². The lowest BCUT2D eigenvalue weighted by Crippen LogP contribution is -2.51. The van der Waals surface area contributed by atoms with Gasteiger partial charge in [0, 0.05) is 19.8 Å². The van der Waals surface area contributed by atoms with E-state index in [1.807, 2.05) is 13.8 Å². The Balaban J connectivity index is 4.99. The summed E-state index contributed by atoms with van der Waals surface area (Å²) in [6.45, 7) is 9.25. The van der Waals surface area contributed by atoms with Gasteiger partial charge in [0.2, 0.25) is 11.8 Å². The standard InChI is InChI=1S/C21H44N6O4/c1-5-7-12-30-20(31-13-8-6-2)16(10-9-11-25-21(23)24)27-17(28)14-26-19(29)18(22)15(3)4/h15-16,18,20H,5-14,22H2,1-4H3,(H,26,29)(H,27,28)(H4,23,24,25)/t16-,18+/m0/s1. The Hall–Kier alpha value is -1.91. The first-order valence-corrected chi connectivity index (χ1v) is 11.4. The van der Waals surface area contributed by atoms with E-state index >= 15 is 0 Å². The van der Waals surface area contributed by atoms with Gasteiger partial charge in [0.15, 0.2) is 12.2 Å². The van der Waals surface area contributed by atoms with Crippen molar-refractivity contribution in [1.29, 1.82) is 5.41 Å². The molecule has 0 bridgehead atoms. The highest BCUT2D eigenvalue weighted by Crippen LogP contribution is 2.11. The molecule has 0 aromatic rings. The number of carbonyl (C=O) groups excluding carboxylic acids is 2. The summed E-state index contributed by atoms with van der Waals surface area (Å²) in [4.78, 5) is 24.5. The zero-order valence-corrected chi connectivity index (χ0v) is 19.7. The van der Waals surface area contributed by atoms with Crippen LogP contribution in [0.2, 0.25) is 0 Å². The van der Waals surface area contributed by atoms with Crippen molar-refractivity contribution in [1.82, 2.24) is 16.0 Å². The highest BCUT2D eigenvalue weighted by atomic mass is 16.7. The van der Waals surface area contributed by atoms with E-state index in [0.717, 1.165) is 25.7 Å². The fourth-order valence-corrected chi connectivity index (χ4v) is 2.64. The van der Waals surface area contributed by atoms with Crippen LogP contribution in [0, 0.1) is 11.3 Å². The Labute approximate surface area is 187 Å². The first-order valence-electron chi connectivity index (χ1n) is 11.4. The number of nitrogens with one attached hydrogen (secondary N) is 4. The molecule has 0 unspecified atom stereocenters. The molecular weight excluding hydrogens is 400 g/mol. The fourth-order valence-electron chi connectivity index (χ4n) is 2.64. The molecule has 0 rings (SSSR count). The van der Waals surface area contributed by atoms with Crippen molar-refractivity contribution in [3.63, 3.8) is 0 Å². The topological polar surface area (TPSA) is 165 Å². The molecule has 0 fully saturated rings. The second kappa shape index (κ2) is 17.7. The summed E-state index contributed by atoms with van der Waals surface area (Å²) in [5, 5.41) is 15.5. The molecule has 2 atom stereocenters. The minimum absolute atomic E-state index is 0.0205. The monoisotopic (exact) mass is 444 g/mol. The molecule has 0 heterocycles. The van der Waals surface area contributed by atoms with Crippen LogP contribution in [0.5, 0.6) is 0 Å². The third-order valence-corrected chi connectivity index (χ3v) is 4.69. The van der Waals surface area contributed by atoms with Gasteiger partial charge in [-0.3, -0.25) is 15.0 Å². The molecule has 0 aliphatic heterocycles. The number of unbranched alkanes of at least 4 members (excludes halogenated alkanes) is 2. The van der Waals surface area contributed by atoms with E-state index in [4.69, 9.17) is 26.4 Å². The number of hydrogen-bond donors (Lipinski definition) is 6. The smallest absolute Gasteiger partial charge is 0.239 e. The first kappa shape index (κ1) is 29.1. The maximum Gasteiger partial charge on any atom is 0.239 e. The zero-order chi connectivity index (χ0) is 23.6. The van der Waals surface area contributed by atoms with Crippen molar-refractivity contribution in [3.05, 3.63) is 0 Å². The van der Waals surface area contributed by atoms with E-state index in [-0.39, 0.29) is 30.2 Å². The van der Waals surface area contributed by atoms with Crippen LogP contribution >= 0.6 is 0 Å². The number of ether oxygens (including phenoxy) is 2. The number of rotatable bonds is 18. The molecule has 8 N–H and O–H groups in total. The maximum atomic E-state index is 12.5. The lowest BCUT2D eigenvalue weighted by Gasteiger charge is -2.29. The van der Waals surface area contributed by atoms with E-state index in [9.17, 15) is 9.59 Å². The highest BCUT2D eigenvalue weighted by molar-refractivity contribution is 5.87. The van der Waals surface area contributed by atoms with Gasteiger partial charge in [0.05, 0.1) is 18.6 Å². The molecule has 182 valence electrons. The summed E-state index contributed by atoms with van der Waals surface area (Å²) in [6.07, 6.45) is 4.39. The molecule has 0 radical (unpaired) electrons. The highest BCUT2D eigenvalue weighted by Gasteiger charge is 2.25. The predicted octanol–water partition coefficient (Wildman–Crippen LogP) is 0.793. The Bertz CT molecular complexity index is 508. The quantitative estimate of drug-likeness (QED) is 0.0787. The molecule has 10 heteroatoms. The van der Waals surface area contributed by atoms with Crippen molar-refractivity contribution < 1.29 is 19.1 Å². The molecule has 0 saturated heterocycles. The van der Waals surface area contributed by atoms with Gasteiger partial charge < -0.3 is 36.9 Å². The van der Waals surface area contributed by atoms with Crippen molar-refractivity contribution in [2.75, 3.05) is 26.3 Å². The summed E-state index contributed by atoms with van der Waals surface area (Å²) >= 11 is 0. The van der Waals surface area contributed by atoms with E-state index in [1.165, 1.54) is 0 Å². The number of amides is 2. The number of guanidine groups is 1. The van der Waals surface area contributed by atoms with Gasteiger partial charge in [-0.25, -0.2) is 0 Å². The molecule has 0 saturated carbocycles. The second-order valence-corrected chi connectivity index (χ2v) is 7.96. The molecule has 31 heavy (non-hydrogen) atoms. The Morgan fingerprint density at radius 1 is 1.00 bits per heavy atom. The lowest BCUT2D eigenvalue weighted by atomic mass is 10.1. The Morgan fingerprint density at radius 3 is 2.06 bits per heavy atom. The van der Waals surface area contributed by atoms with Crippen molar-refractivity contribution in [2.24, 2.45) is 17.4 Å². The molecular formula is C21H44N6O4. The van der Waals surface area contributed by atoms with Crippen LogP contribution in [-0.4, -0.2) is 62.5 Å². The lowest BCUT2D eigenvalue weighted by molar-refractivity contribution is -0.165.